The molecule has 0 aliphatic rings. The predicted molar refractivity (Wildman–Crippen MR) is 50.7 cm³/mol. The number of rotatable bonds is 2. The van der Waals surface area contributed by atoms with Crippen molar-refractivity contribution in [1.82, 2.24) is 0 Å². The highest BCUT2D eigenvalue weighted by molar-refractivity contribution is 14.1. The molecule has 0 heterocycles. The normalized spacial score (nSPS) is 11.5. The average Bonchev–Trinajstić information content (AvgIpc) is 2.00. The standard InChI is InChI=1S/C8H5F4IO/c9-6-3-5(13)1-2-7(6)14-4-8(10,11)12/h1-3H,4H2. The van der Waals surface area contributed by atoms with Crippen LogP contribution >= 0.6 is 22.6 Å². The molecule has 0 unspecified atom stereocenters. The zero-order valence-corrected chi connectivity index (χ0v) is 8.89. The van der Waals surface area contributed by atoms with E-state index in [1.54, 1.807) is 0 Å². The third-order valence-electron chi connectivity index (χ3n) is 1.29. The molecule has 0 bridgehead atoms. The molecule has 0 spiro atoms. The van der Waals surface area contributed by atoms with E-state index in [2.05, 4.69) is 4.74 Å². The van der Waals surface area contributed by atoms with Crippen LogP contribution in [0.25, 0.3) is 0 Å². The van der Waals surface area contributed by atoms with Crippen LogP contribution in [-0.2, 0) is 0 Å². The Balaban J connectivity index is 2.68. The summed E-state index contributed by atoms with van der Waals surface area (Å²) in [6.07, 6.45) is -4.45. The van der Waals surface area contributed by atoms with Crippen LogP contribution in [0.3, 0.4) is 0 Å². The number of hydrogen-bond acceptors (Lipinski definition) is 1. The molecule has 0 N–H and O–H groups in total. The molecule has 0 aliphatic carbocycles. The van der Waals surface area contributed by atoms with Gasteiger partial charge in [-0.2, -0.15) is 13.2 Å². The Labute approximate surface area is 91.2 Å². The predicted octanol–water partition coefficient (Wildman–Crippen LogP) is 3.37. The smallest absolute Gasteiger partial charge is 0.422 e. The second kappa shape index (κ2) is 4.33. The molecule has 1 aromatic carbocycles. The van der Waals surface area contributed by atoms with Crippen molar-refractivity contribution in [3.8, 4) is 5.75 Å². The number of ether oxygens (including phenoxy) is 1. The van der Waals surface area contributed by atoms with Gasteiger partial charge in [-0.3, -0.25) is 0 Å². The molecule has 78 valence electrons. The van der Waals surface area contributed by atoms with Crippen LogP contribution < -0.4 is 4.74 Å². The van der Waals surface area contributed by atoms with E-state index in [1.165, 1.54) is 12.1 Å². The maximum Gasteiger partial charge on any atom is 0.422 e. The lowest BCUT2D eigenvalue weighted by Crippen LogP contribution is -2.19. The van der Waals surface area contributed by atoms with E-state index < -0.39 is 18.6 Å². The Bertz CT molecular complexity index is 324. The molecule has 0 aliphatic heterocycles. The molecule has 0 saturated carbocycles. The number of alkyl halides is 3. The monoisotopic (exact) mass is 320 g/mol. The van der Waals surface area contributed by atoms with Gasteiger partial charge >= 0.3 is 6.18 Å². The lowest BCUT2D eigenvalue weighted by atomic mass is 10.3. The number of benzene rings is 1. The second-order valence-corrected chi connectivity index (χ2v) is 3.72. The molecule has 0 amide bonds. The van der Waals surface area contributed by atoms with Crippen molar-refractivity contribution in [3.05, 3.63) is 27.6 Å². The van der Waals surface area contributed by atoms with Gasteiger partial charge in [0.1, 0.15) is 0 Å². The summed E-state index contributed by atoms with van der Waals surface area (Å²) in [6.45, 7) is -1.48. The highest BCUT2D eigenvalue weighted by Crippen LogP contribution is 2.22. The lowest BCUT2D eigenvalue weighted by molar-refractivity contribution is -0.153. The zero-order chi connectivity index (χ0) is 10.8. The SMILES string of the molecule is Fc1cc(I)ccc1OCC(F)(F)F. The zero-order valence-electron chi connectivity index (χ0n) is 6.74. The second-order valence-electron chi connectivity index (χ2n) is 2.48. The van der Waals surface area contributed by atoms with Gasteiger partial charge in [-0.15, -0.1) is 0 Å². The molecule has 0 aromatic heterocycles. The quantitative estimate of drug-likeness (QED) is 0.600. The van der Waals surface area contributed by atoms with Gasteiger partial charge in [0.15, 0.2) is 18.2 Å². The summed E-state index contributed by atoms with van der Waals surface area (Å²) in [6, 6.07) is 3.74. The van der Waals surface area contributed by atoms with Gasteiger partial charge in [0, 0.05) is 3.57 Å². The van der Waals surface area contributed by atoms with Crippen LogP contribution in [0.5, 0.6) is 5.75 Å². The Morgan fingerprint density at radius 2 is 1.93 bits per heavy atom. The van der Waals surface area contributed by atoms with Crippen molar-refractivity contribution in [3.63, 3.8) is 0 Å². The number of halogens is 5. The van der Waals surface area contributed by atoms with Crippen molar-refractivity contribution < 1.29 is 22.3 Å². The van der Waals surface area contributed by atoms with Crippen molar-refractivity contribution in [2.45, 2.75) is 6.18 Å². The molecule has 6 heteroatoms. The van der Waals surface area contributed by atoms with E-state index in [4.69, 9.17) is 0 Å². The fourth-order valence-electron chi connectivity index (χ4n) is 0.752. The van der Waals surface area contributed by atoms with Gasteiger partial charge in [0.05, 0.1) is 0 Å². The van der Waals surface area contributed by atoms with E-state index in [1.807, 2.05) is 22.6 Å². The maximum atomic E-state index is 12.9. The third kappa shape index (κ3) is 3.69. The summed E-state index contributed by atoms with van der Waals surface area (Å²) in [5.74, 6) is -1.18. The Morgan fingerprint density at radius 3 is 2.43 bits per heavy atom. The van der Waals surface area contributed by atoms with Crippen molar-refractivity contribution in [1.29, 1.82) is 0 Å². The summed E-state index contributed by atoms with van der Waals surface area (Å²) in [5.41, 5.74) is 0. The first-order valence-electron chi connectivity index (χ1n) is 3.53. The van der Waals surface area contributed by atoms with E-state index in [0.717, 1.165) is 6.07 Å². The van der Waals surface area contributed by atoms with Gasteiger partial charge < -0.3 is 4.74 Å². The summed E-state index contributed by atoms with van der Waals surface area (Å²) >= 11 is 1.85. The highest BCUT2D eigenvalue weighted by atomic mass is 127. The molecule has 1 nitrogen and oxygen atoms in total. The Hall–Kier alpha value is -0.530. The van der Waals surface area contributed by atoms with Crippen molar-refractivity contribution in [2.75, 3.05) is 6.61 Å². The lowest BCUT2D eigenvalue weighted by Gasteiger charge is -2.09. The summed E-state index contributed by atoms with van der Waals surface area (Å²) in [7, 11) is 0. The van der Waals surface area contributed by atoms with Gasteiger partial charge in [-0.25, -0.2) is 4.39 Å². The molecule has 1 rings (SSSR count). The van der Waals surface area contributed by atoms with Crippen molar-refractivity contribution in [2.24, 2.45) is 0 Å². The van der Waals surface area contributed by atoms with Crippen LogP contribution in [-0.4, -0.2) is 12.8 Å². The largest absolute Gasteiger partial charge is 0.481 e. The van der Waals surface area contributed by atoms with Crippen LogP contribution in [0.4, 0.5) is 17.6 Å². The van der Waals surface area contributed by atoms with E-state index >= 15 is 0 Å². The Kier molecular flexibility index (Phi) is 3.57. The van der Waals surface area contributed by atoms with Gasteiger partial charge in [0.25, 0.3) is 0 Å². The minimum atomic E-state index is -4.45. The maximum absolute atomic E-state index is 12.9. The first kappa shape index (κ1) is 11.5. The first-order valence-corrected chi connectivity index (χ1v) is 4.61. The van der Waals surface area contributed by atoms with Crippen LogP contribution in [0, 0.1) is 9.39 Å². The molecular formula is C8H5F4IO. The fraction of sp³-hybridized carbons (Fsp3) is 0.250. The summed E-state index contributed by atoms with van der Waals surface area (Å²) in [5, 5.41) is 0. The highest BCUT2D eigenvalue weighted by Gasteiger charge is 2.28. The molecule has 0 atom stereocenters. The minimum Gasteiger partial charge on any atom is -0.481 e. The first-order chi connectivity index (χ1) is 6.38. The minimum absolute atomic E-state index is 0.386. The van der Waals surface area contributed by atoms with E-state index in [0.29, 0.717) is 3.57 Å². The topological polar surface area (TPSA) is 9.23 Å². The average molecular weight is 320 g/mol. The molecule has 0 fully saturated rings. The van der Waals surface area contributed by atoms with E-state index in [9.17, 15) is 17.6 Å². The van der Waals surface area contributed by atoms with Gasteiger partial charge in [-0.1, -0.05) is 0 Å². The molecule has 0 radical (unpaired) electrons. The summed E-state index contributed by atoms with van der Waals surface area (Å²) < 4.78 is 52.9. The van der Waals surface area contributed by atoms with Crippen LogP contribution in [0.15, 0.2) is 18.2 Å². The molecular weight excluding hydrogens is 315 g/mol. The van der Waals surface area contributed by atoms with Crippen molar-refractivity contribution >= 4 is 22.6 Å². The summed E-state index contributed by atoms with van der Waals surface area (Å²) in [4.78, 5) is 0. The van der Waals surface area contributed by atoms with Gasteiger partial charge in [-0.05, 0) is 40.8 Å². The molecule has 14 heavy (non-hydrogen) atoms. The Morgan fingerprint density at radius 1 is 1.29 bits per heavy atom. The number of hydrogen-bond donors (Lipinski definition) is 0. The fourth-order valence-corrected chi connectivity index (χ4v) is 1.21. The molecule has 1 aromatic rings. The third-order valence-corrected chi connectivity index (χ3v) is 1.96. The van der Waals surface area contributed by atoms with Crippen LogP contribution in [0.2, 0.25) is 0 Å². The molecule has 0 saturated heterocycles. The van der Waals surface area contributed by atoms with E-state index in [-0.39, 0.29) is 5.75 Å². The van der Waals surface area contributed by atoms with Gasteiger partial charge in [0.2, 0.25) is 0 Å². The van der Waals surface area contributed by atoms with Crippen LogP contribution in [0.1, 0.15) is 0 Å².